The molecule has 10 unspecified atom stereocenters. The number of nitrogens with one attached hydrogen (secondary N) is 1. The van der Waals surface area contributed by atoms with Crippen LogP contribution in [0, 0.1) is 46.3 Å². The van der Waals surface area contributed by atoms with Crippen LogP contribution in [0.3, 0.4) is 0 Å². The number of unbranched alkanes of at least 4 members (excludes halogenated alkanes) is 9. The number of hydrogen-bond acceptors (Lipinski definition) is 6. The molecule has 4 saturated carbocycles. The second-order valence-corrected chi connectivity index (χ2v) is 20.6. The number of carbonyl (C=O) groups excluding carboxylic acids is 2. The van der Waals surface area contributed by atoms with Gasteiger partial charge < -0.3 is 15.2 Å². The van der Waals surface area contributed by atoms with Gasteiger partial charge in [0.15, 0.2) is 0 Å². The monoisotopic (exact) mass is 816 g/mol. The van der Waals surface area contributed by atoms with E-state index in [1.807, 2.05) is 0 Å². The molecule has 0 heterocycles. The lowest BCUT2D eigenvalue weighted by atomic mass is 9.43. The second-order valence-electron chi connectivity index (χ2n) is 19.0. The van der Waals surface area contributed by atoms with Crippen LogP contribution in [0.2, 0.25) is 0 Å². The lowest BCUT2D eigenvalue weighted by Crippen LogP contribution is -2.59. The third kappa shape index (κ3) is 14.3. The van der Waals surface area contributed by atoms with Crippen LogP contribution in [0.4, 0.5) is 0 Å². The lowest BCUT2D eigenvalue weighted by molar-refractivity contribution is -0.181. The van der Waals surface area contributed by atoms with Crippen LogP contribution in [0.1, 0.15) is 182 Å². The number of hydrogen-bond donors (Lipinski definition) is 3. The van der Waals surface area contributed by atoms with Crippen LogP contribution in [0.15, 0.2) is 36.5 Å². The quantitative estimate of drug-likeness (QED) is 0.0362. The number of allylic oxidation sites excluding steroid dienone is 6. The molecule has 3 N–H and O–H groups in total. The molecule has 0 aromatic rings. The van der Waals surface area contributed by atoms with Gasteiger partial charge in [-0.05, 0) is 149 Å². The highest BCUT2D eigenvalue weighted by Crippen LogP contribution is 2.68. The Morgan fingerprint density at radius 1 is 0.807 bits per heavy atom. The van der Waals surface area contributed by atoms with E-state index in [0.717, 1.165) is 70.6 Å². The molecular formula is C48H81NO7S. The highest BCUT2D eigenvalue weighted by Gasteiger charge is 2.63. The Kier molecular flexibility index (Phi) is 19.9. The SMILES string of the molecule is CCCCC/C=C\C/C=C\C/C=C\CCCCCCCCC(=O)OC1CCC2(C)C(CCC3C2CC(O)C2(C)C(C(C)CCC(=O)NCCS(=O)(=O)O)CCC32)C1. The molecule has 0 aromatic heterocycles. The molecule has 10 atom stereocenters. The van der Waals surface area contributed by atoms with Crippen LogP contribution in [-0.2, 0) is 24.4 Å². The fourth-order valence-corrected chi connectivity index (χ4v) is 12.4. The first-order valence-corrected chi connectivity index (χ1v) is 24.9. The summed E-state index contributed by atoms with van der Waals surface area (Å²) in [5, 5.41) is 14.6. The minimum absolute atomic E-state index is 0.0218. The summed E-state index contributed by atoms with van der Waals surface area (Å²) >= 11 is 0. The predicted molar refractivity (Wildman–Crippen MR) is 232 cm³/mol. The average Bonchev–Trinajstić information content (AvgIpc) is 3.53. The average molecular weight is 816 g/mol. The van der Waals surface area contributed by atoms with Crippen molar-refractivity contribution in [3.8, 4) is 0 Å². The minimum atomic E-state index is -4.10. The Balaban J connectivity index is 1.09. The molecule has 4 fully saturated rings. The fraction of sp³-hybridized carbons (Fsp3) is 0.833. The molecule has 0 bridgehead atoms. The van der Waals surface area contributed by atoms with Crippen molar-refractivity contribution in [2.45, 2.75) is 194 Å². The molecule has 0 aromatic carbocycles. The van der Waals surface area contributed by atoms with Crippen LogP contribution in [0.25, 0.3) is 0 Å². The number of amides is 1. The molecular weight excluding hydrogens is 735 g/mol. The zero-order chi connectivity index (χ0) is 41.3. The number of carbonyl (C=O) groups is 2. The van der Waals surface area contributed by atoms with Crippen molar-refractivity contribution in [2.75, 3.05) is 12.3 Å². The number of aliphatic hydroxyl groups excluding tert-OH is 1. The van der Waals surface area contributed by atoms with Gasteiger partial charge in [-0.15, -0.1) is 0 Å². The van der Waals surface area contributed by atoms with Gasteiger partial charge in [0.05, 0.1) is 11.9 Å². The highest BCUT2D eigenvalue weighted by atomic mass is 32.2. The molecule has 8 nitrogen and oxygen atoms in total. The molecule has 326 valence electrons. The largest absolute Gasteiger partial charge is 0.462 e. The molecule has 4 rings (SSSR count). The normalized spacial score (nSPS) is 32.0. The molecule has 0 radical (unpaired) electrons. The van der Waals surface area contributed by atoms with Crippen molar-refractivity contribution >= 4 is 22.0 Å². The Bertz CT molecular complexity index is 1430. The van der Waals surface area contributed by atoms with Gasteiger partial charge in [0.2, 0.25) is 5.91 Å². The van der Waals surface area contributed by atoms with E-state index in [9.17, 15) is 23.1 Å². The summed E-state index contributed by atoms with van der Waals surface area (Å²) in [5.41, 5.74) is -0.00666. The van der Waals surface area contributed by atoms with Crippen molar-refractivity contribution in [3.05, 3.63) is 36.5 Å². The Morgan fingerprint density at radius 2 is 1.46 bits per heavy atom. The third-order valence-electron chi connectivity index (χ3n) is 15.3. The number of fused-ring (bicyclic) bond motifs is 5. The molecule has 4 aliphatic carbocycles. The summed E-state index contributed by atoms with van der Waals surface area (Å²) in [7, 11) is -4.10. The fourth-order valence-electron chi connectivity index (χ4n) is 12.0. The van der Waals surface area contributed by atoms with Crippen molar-refractivity contribution in [1.82, 2.24) is 5.32 Å². The smallest absolute Gasteiger partial charge is 0.306 e. The Labute approximate surface area is 347 Å². The van der Waals surface area contributed by atoms with Gasteiger partial charge in [-0.3, -0.25) is 14.1 Å². The number of esters is 1. The van der Waals surface area contributed by atoms with E-state index in [1.54, 1.807) is 0 Å². The number of ether oxygens (including phenoxy) is 1. The summed E-state index contributed by atoms with van der Waals surface area (Å²) in [6.45, 7) is 9.16. The van der Waals surface area contributed by atoms with Crippen molar-refractivity contribution in [1.29, 1.82) is 0 Å². The topological polar surface area (TPSA) is 130 Å². The number of rotatable bonds is 25. The molecule has 0 spiro atoms. The van der Waals surface area contributed by atoms with Crippen molar-refractivity contribution in [3.63, 3.8) is 0 Å². The molecule has 57 heavy (non-hydrogen) atoms. The van der Waals surface area contributed by atoms with E-state index in [2.05, 4.69) is 69.5 Å². The maximum atomic E-state index is 12.9. The molecule has 9 heteroatoms. The van der Waals surface area contributed by atoms with Gasteiger partial charge in [-0.1, -0.05) is 103 Å². The van der Waals surface area contributed by atoms with Crippen LogP contribution in [-0.4, -0.2) is 54.5 Å². The Hall–Kier alpha value is -1.97. The first-order valence-electron chi connectivity index (χ1n) is 23.3. The summed E-state index contributed by atoms with van der Waals surface area (Å²) in [6, 6.07) is 0. The van der Waals surface area contributed by atoms with Crippen molar-refractivity contribution < 1.29 is 32.4 Å². The minimum Gasteiger partial charge on any atom is -0.462 e. The van der Waals surface area contributed by atoms with E-state index in [0.29, 0.717) is 48.9 Å². The molecule has 1 amide bonds. The van der Waals surface area contributed by atoms with E-state index in [-0.39, 0.29) is 47.4 Å². The summed E-state index contributed by atoms with van der Waals surface area (Å²) in [5.74, 6) is 1.99. The molecule has 0 aliphatic heterocycles. The predicted octanol–water partition coefficient (Wildman–Crippen LogP) is 11.1. The summed E-state index contributed by atoms with van der Waals surface area (Å²) < 4.78 is 37.0. The van der Waals surface area contributed by atoms with Gasteiger partial charge >= 0.3 is 5.97 Å². The maximum absolute atomic E-state index is 12.9. The van der Waals surface area contributed by atoms with Crippen LogP contribution in [0.5, 0.6) is 0 Å². The zero-order valence-corrected chi connectivity index (χ0v) is 37.1. The van der Waals surface area contributed by atoms with Gasteiger partial charge in [0.25, 0.3) is 10.1 Å². The number of aliphatic hydroxyl groups is 1. The first-order chi connectivity index (χ1) is 27.3. The molecule has 0 saturated heterocycles. The van der Waals surface area contributed by atoms with Crippen molar-refractivity contribution in [2.24, 2.45) is 46.3 Å². The van der Waals surface area contributed by atoms with E-state index >= 15 is 0 Å². The van der Waals surface area contributed by atoms with Crippen LogP contribution < -0.4 is 5.32 Å². The standard InChI is InChI=1S/C48H81NO7S/c1-5-6-7-8-9-10-11-12-13-14-15-16-17-18-19-20-21-22-23-24-46(52)56-39-31-32-47(3)38(35-39)26-27-40-42-29-28-41(48(42,4)44(50)36-43(40)47)37(2)25-30-45(51)49-33-34-57(53,54)55/h9-10,12-13,15-16,37-44,50H,5-8,11,14,17-36H2,1-4H3,(H,49,51)(H,53,54,55)/b10-9-,13-12-,16-15-. The highest BCUT2D eigenvalue weighted by molar-refractivity contribution is 7.85. The van der Waals surface area contributed by atoms with Gasteiger partial charge in [0.1, 0.15) is 6.10 Å². The maximum Gasteiger partial charge on any atom is 0.306 e. The van der Waals surface area contributed by atoms with Gasteiger partial charge in [-0.2, -0.15) is 8.42 Å². The second kappa shape index (κ2) is 23.7. The van der Waals surface area contributed by atoms with Gasteiger partial charge in [0, 0.05) is 19.4 Å². The van der Waals surface area contributed by atoms with E-state index in [1.165, 1.54) is 64.2 Å². The Morgan fingerprint density at radius 3 is 2.14 bits per heavy atom. The zero-order valence-electron chi connectivity index (χ0n) is 36.3. The van der Waals surface area contributed by atoms with Gasteiger partial charge in [-0.25, -0.2) is 0 Å². The lowest BCUT2D eigenvalue weighted by Gasteiger charge is -2.62. The van der Waals surface area contributed by atoms with Crippen LogP contribution >= 0.6 is 0 Å². The summed E-state index contributed by atoms with van der Waals surface area (Å²) in [4.78, 5) is 25.3. The van der Waals surface area contributed by atoms with E-state index in [4.69, 9.17) is 9.29 Å². The summed E-state index contributed by atoms with van der Waals surface area (Å²) in [6.07, 6.45) is 38.5. The molecule has 4 aliphatic rings. The third-order valence-corrected chi connectivity index (χ3v) is 16.0. The van der Waals surface area contributed by atoms with E-state index < -0.39 is 15.9 Å². The first kappa shape index (κ1) is 47.7.